The molecule has 98 valence electrons. The third-order valence-electron chi connectivity index (χ3n) is 2.27. The van der Waals surface area contributed by atoms with Gasteiger partial charge in [0.15, 0.2) is 6.10 Å². The number of halogens is 2. The van der Waals surface area contributed by atoms with E-state index in [0.29, 0.717) is 21.8 Å². The third kappa shape index (κ3) is 4.70. The van der Waals surface area contributed by atoms with Crippen LogP contribution in [0.3, 0.4) is 0 Å². The van der Waals surface area contributed by atoms with Crippen molar-refractivity contribution in [3.63, 3.8) is 0 Å². The summed E-state index contributed by atoms with van der Waals surface area (Å²) in [7, 11) is 0. The average Bonchev–Trinajstić information content (AvgIpc) is 2.30. The lowest BCUT2D eigenvalue weighted by atomic mass is 10.2. The van der Waals surface area contributed by atoms with Gasteiger partial charge in [0.05, 0.1) is 0 Å². The van der Waals surface area contributed by atoms with Crippen molar-refractivity contribution in [3.05, 3.63) is 39.8 Å². The van der Waals surface area contributed by atoms with Crippen LogP contribution in [0.15, 0.2) is 29.3 Å². The molecule has 0 radical (unpaired) electrons. The molecule has 1 N–H and O–H groups in total. The van der Waals surface area contributed by atoms with E-state index in [1.54, 1.807) is 25.1 Å². The minimum Gasteiger partial charge on any atom is -0.481 e. The molecule has 0 heterocycles. The van der Waals surface area contributed by atoms with Crippen LogP contribution >= 0.6 is 27.5 Å². The summed E-state index contributed by atoms with van der Waals surface area (Å²) in [6, 6.07) is 5.29. The molecule has 1 aromatic carbocycles. The highest BCUT2D eigenvalue weighted by molar-refractivity contribution is 9.11. The Morgan fingerprint density at radius 2 is 2.28 bits per heavy atom. The van der Waals surface area contributed by atoms with Gasteiger partial charge in [-0.05, 0) is 37.6 Å². The molecule has 5 heteroatoms. The quantitative estimate of drug-likeness (QED) is 0.897. The number of benzene rings is 1. The summed E-state index contributed by atoms with van der Waals surface area (Å²) < 4.78 is 6.24. The van der Waals surface area contributed by atoms with E-state index in [9.17, 15) is 4.79 Å². The Kier molecular flexibility index (Phi) is 5.69. The van der Waals surface area contributed by atoms with Crippen molar-refractivity contribution in [2.24, 2.45) is 0 Å². The number of hydrogen-bond donors (Lipinski definition) is 1. The summed E-state index contributed by atoms with van der Waals surface area (Å²) in [5.41, 5.74) is 0.913. The van der Waals surface area contributed by atoms with Crippen LogP contribution in [0.4, 0.5) is 0 Å². The van der Waals surface area contributed by atoms with Gasteiger partial charge in [0.2, 0.25) is 0 Å². The zero-order chi connectivity index (χ0) is 13.7. The fraction of sp³-hybridized carbons (Fsp3) is 0.308. The molecule has 1 aromatic rings. The van der Waals surface area contributed by atoms with Gasteiger partial charge in [-0.2, -0.15) is 0 Å². The van der Waals surface area contributed by atoms with Crippen molar-refractivity contribution in [2.75, 3.05) is 6.54 Å². The van der Waals surface area contributed by atoms with E-state index in [0.717, 1.165) is 5.56 Å². The largest absolute Gasteiger partial charge is 0.481 e. The van der Waals surface area contributed by atoms with Crippen LogP contribution in [0.5, 0.6) is 5.75 Å². The molecule has 0 saturated heterocycles. The number of aryl methyl sites for hydroxylation is 1. The van der Waals surface area contributed by atoms with Gasteiger partial charge in [-0.25, -0.2) is 0 Å². The smallest absolute Gasteiger partial charge is 0.261 e. The SMILES string of the molecule is C=C(Br)CNC(=O)[C@H](C)Oc1ccc(Cl)c(C)c1. The lowest BCUT2D eigenvalue weighted by Gasteiger charge is -2.15. The molecule has 0 unspecified atom stereocenters. The molecule has 1 atom stereocenters. The summed E-state index contributed by atoms with van der Waals surface area (Å²) in [6.07, 6.45) is -0.572. The molecule has 18 heavy (non-hydrogen) atoms. The molecule has 1 rings (SSSR count). The Balaban J connectivity index is 2.58. The second kappa shape index (κ2) is 6.81. The Hall–Kier alpha value is -1.00. The molecular weight excluding hydrogens is 318 g/mol. The highest BCUT2D eigenvalue weighted by Crippen LogP contribution is 2.21. The molecule has 0 aliphatic carbocycles. The van der Waals surface area contributed by atoms with Crippen molar-refractivity contribution in [1.29, 1.82) is 0 Å². The van der Waals surface area contributed by atoms with Crippen LogP contribution in [0, 0.1) is 6.92 Å². The molecule has 0 fully saturated rings. The highest BCUT2D eigenvalue weighted by atomic mass is 79.9. The van der Waals surface area contributed by atoms with Gasteiger partial charge in [-0.15, -0.1) is 0 Å². The predicted molar refractivity (Wildman–Crippen MR) is 77.4 cm³/mol. The molecule has 0 saturated carbocycles. The predicted octanol–water partition coefficient (Wildman–Crippen LogP) is 3.44. The van der Waals surface area contributed by atoms with Crippen LogP contribution < -0.4 is 10.1 Å². The summed E-state index contributed by atoms with van der Waals surface area (Å²) in [4.78, 5) is 11.7. The van der Waals surface area contributed by atoms with Crippen molar-refractivity contribution in [3.8, 4) is 5.75 Å². The maximum Gasteiger partial charge on any atom is 0.261 e. The van der Waals surface area contributed by atoms with Gasteiger partial charge in [-0.1, -0.05) is 34.1 Å². The normalized spacial score (nSPS) is 11.8. The number of carbonyl (C=O) groups is 1. The molecule has 0 bridgehead atoms. The fourth-order valence-corrected chi connectivity index (χ4v) is 1.53. The summed E-state index contributed by atoms with van der Waals surface area (Å²) in [5.74, 6) is 0.431. The zero-order valence-electron chi connectivity index (χ0n) is 10.3. The van der Waals surface area contributed by atoms with Gasteiger partial charge in [-0.3, -0.25) is 4.79 Å². The van der Waals surface area contributed by atoms with E-state index in [4.69, 9.17) is 16.3 Å². The topological polar surface area (TPSA) is 38.3 Å². The maximum absolute atomic E-state index is 11.7. The Bertz CT molecular complexity index is 462. The fourth-order valence-electron chi connectivity index (χ4n) is 1.27. The molecule has 0 spiro atoms. The van der Waals surface area contributed by atoms with Gasteiger partial charge in [0.1, 0.15) is 5.75 Å². The Morgan fingerprint density at radius 3 is 2.83 bits per heavy atom. The first kappa shape index (κ1) is 15.1. The lowest BCUT2D eigenvalue weighted by molar-refractivity contribution is -0.127. The molecule has 0 aliphatic heterocycles. The number of hydrogen-bond acceptors (Lipinski definition) is 2. The van der Waals surface area contributed by atoms with Crippen molar-refractivity contribution >= 4 is 33.4 Å². The average molecular weight is 333 g/mol. The van der Waals surface area contributed by atoms with E-state index in [1.807, 2.05) is 6.92 Å². The second-order valence-electron chi connectivity index (χ2n) is 3.91. The zero-order valence-corrected chi connectivity index (χ0v) is 12.6. The minimum atomic E-state index is -0.572. The van der Waals surface area contributed by atoms with Crippen LogP contribution in [0.1, 0.15) is 12.5 Å². The van der Waals surface area contributed by atoms with E-state index in [2.05, 4.69) is 27.8 Å². The number of carbonyl (C=O) groups excluding carboxylic acids is 1. The second-order valence-corrected chi connectivity index (χ2v) is 5.43. The van der Waals surface area contributed by atoms with E-state index < -0.39 is 6.10 Å². The molecule has 1 amide bonds. The third-order valence-corrected chi connectivity index (χ3v) is 2.97. The van der Waals surface area contributed by atoms with E-state index in [1.165, 1.54) is 0 Å². The summed E-state index contributed by atoms with van der Waals surface area (Å²) in [5, 5.41) is 3.37. The number of nitrogens with one attached hydrogen (secondary N) is 1. The van der Waals surface area contributed by atoms with Gasteiger partial charge in [0, 0.05) is 16.0 Å². The summed E-state index contributed by atoms with van der Waals surface area (Å²) in [6.45, 7) is 7.59. The van der Waals surface area contributed by atoms with Gasteiger partial charge in [0.25, 0.3) is 5.91 Å². The first-order valence-corrected chi connectivity index (χ1v) is 6.61. The van der Waals surface area contributed by atoms with Crippen molar-refractivity contribution in [2.45, 2.75) is 20.0 Å². The Labute approximate surface area is 120 Å². The highest BCUT2D eigenvalue weighted by Gasteiger charge is 2.14. The van der Waals surface area contributed by atoms with Crippen LogP contribution in [-0.2, 0) is 4.79 Å². The number of ether oxygens (including phenoxy) is 1. The number of amides is 1. The van der Waals surface area contributed by atoms with Crippen LogP contribution in [0.25, 0.3) is 0 Å². The van der Waals surface area contributed by atoms with E-state index in [-0.39, 0.29) is 5.91 Å². The van der Waals surface area contributed by atoms with Crippen molar-refractivity contribution in [1.82, 2.24) is 5.32 Å². The monoisotopic (exact) mass is 331 g/mol. The number of rotatable bonds is 5. The minimum absolute atomic E-state index is 0.191. The lowest BCUT2D eigenvalue weighted by Crippen LogP contribution is -2.36. The Morgan fingerprint density at radius 1 is 1.61 bits per heavy atom. The first-order chi connectivity index (χ1) is 8.40. The van der Waals surface area contributed by atoms with E-state index >= 15 is 0 Å². The van der Waals surface area contributed by atoms with Crippen LogP contribution in [-0.4, -0.2) is 18.6 Å². The van der Waals surface area contributed by atoms with Crippen molar-refractivity contribution < 1.29 is 9.53 Å². The molecule has 0 aromatic heterocycles. The van der Waals surface area contributed by atoms with Gasteiger partial charge >= 0.3 is 0 Å². The first-order valence-electron chi connectivity index (χ1n) is 5.44. The standard InChI is InChI=1S/C13H15BrClNO2/c1-8-6-11(4-5-12(8)15)18-10(3)13(17)16-7-9(2)14/h4-6,10H,2,7H2,1,3H3,(H,16,17)/t10-/m0/s1. The van der Waals surface area contributed by atoms with Gasteiger partial charge < -0.3 is 10.1 Å². The molecule has 3 nitrogen and oxygen atoms in total. The summed E-state index contributed by atoms with van der Waals surface area (Å²) >= 11 is 9.09. The molecule has 0 aliphatic rings. The molecular formula is C13H15BrClNO2. The maximum atomic E-state index is 11.7. The van der Waals surface area contributed by atoms with Crippen LogP contribution in [0.2, 0.25) is 5.02 Å².